The van der Waals surface area contributed by atoms with Gasteiger partial charge in [0.25, 0.3) is 0 Å². The number of aliphatic imine (C=N–C) groups is 1. The van der Waals surface area contributed by atoms with E-state index in [-0.39, 0.29) is 11.9 Å². The Morgan fingerprint density at radius 3 is 2.70 bits per heavy atom. The van der Waals surface area contributed by atoms with Crippen LogP contribution in [0.3, 0.4) is 0 Å². The third-order valence-corrected chi connectivity index (χ3v) is 3.50. The highest BCUT2D eigenvalue weighted by molar-refractivity contribution is 5.98. The smallest absolute Gasteiger partial charge is 0.123 e. The summed E-state index contributed by atoms with van der Waals surface area (Å²) in [6, 6.07) is 5.32. The van der Waals surface area contributed by atoms with Crippen LogP contribution in [0.2, 0.25) is 0 Å². The van der Waals surface area contributed by atoms with Gasteiger partial charge in [0.2, 0.25) is 0 Å². The fourth-order valence-corrected chi connectivity index (χ4v) is 2.67. The predicted molar refractivity (Wildman–Crippen MR) is 82.7 cm³/mol. The number of rotatable bonds is 3. The Hall–Kier alpha value is -1.90. The van der Waals surface area contributed by atoms with E-state index in [1.165, 1.54) is 11.6 Å². The number of hydrogen-bond donors (Lipinski definition) is 1. The lowest BCUT2D eigenvalue weighted by molar-refractivity contribution is 0.623. The van der Waals surface area contributed by atoms with Crippen molar-refractivity contribution >= 4 is 5.84 Å². The molecule has 1 aromatic rings. The van der Waals surface area contributed by atoms with E-state index < -0.39 is 0 Å². The lowest BCUT2D eigenvalue weighted by Crippen LogP contribution is -2.36. The number of nitrogens with zero attached hydrogens (tertiary/aromatic N) is 1. The molecular weight excluding hydrogens is 251 g/mol. The monoisotopic (exact) mass is 272 g/mol. The van der Waals surface area contributed by atoms with Crippen molar-refractivity contribution in [3.63, 3.8) is 0 Å². The Morgan fingerprint density at radius 1 is 1.35 bits per heavy atom. The predicted octanol–water partition coefficient (Wildman–Crippen LogP) is 3.43. The third-order valence-electron chi connectivity index (χ3n) is 3.50. The second-order valence-corrected chi connectivity index (χ2v) is 5.41. The fraction of sp³-hybridized carbons (Fsp3) is 0.353. The largest absolute Gasteiger partial charge is 0.367 e. The number of allylic oxidation sites excluding steroid dienone is 2. The van der Waals surface area contributed by atoms with Gasteiger partial charge in [-0.1, -0.05) is 24.3 Å². The van der Waals surface area contributed by atoms with Crippen LogP contribution in [0.5, 0.6) is 0 Å². The summed E-state index contributed by atoms with van der Waals surface area (Å²) in [5, 5.41) is 3.46. The van der Waals surface area contributed by atoms with Gasteiger partial charge >= 0.3 is 0 Å². The zero-order valence-electron chi connectivity index (χ0n) is 12.3. The van der Waals surface area contributed by atoms with Gasteiger partial charge in [0.1, 0.15) is 11.7 Å². The number of halogens is 1. The van der Waals surface area contributed by atoms with E-state index in [4.69, 9.17) is 0 Å². The van der Waals surface area contributed by atoms with Crippen molar-refractivity contribution in [1.82, 2.24) is 5.32 Å². The van der Waals surface area contributed by atoms with Crippen molar-refractivity contribution in [2.75, 3.05) is 7.05 Å². The van der Waals surface area contributed by atoms with E-state index in [2.05, 4.69) is 16.9 Å². The van der Waals surface area contributed by atoms with Crippen molar-refractivity contribution in [3.8, 4) is 0 Å². The molecule has 0 spiro atoms. The molecule has 0 fully saturated rings. The first-order chi connectivity index (χ1) is 9.49. The highest BCUT2D eigenvalue weighted by Crippen LogP contribution is 2.23. The zero-order chi connectivity index (χ0) is 14.7. The Morgan fingerprint density at radius 2 is 2.05 bits per heavy atom. The summed E-state index contributed by atoms with van der Waals surface area (Å²) < 4.78 is 13.2. The van der Waals surface area contributed by atoms with Crippen molar-refractivity contribution in [2.24, 2.45) is 4.99 Å². The minimum atomic E-state index is -0.160. The number of hydrogen-bond acceptors (Lipinski definition) is 1. The summed E-state index contributed by atoms with van der Waals surface area (Å²) in [4.78, 5) is 4.31. The molecule has 1 aromatic carbocycles. The molecule has 0 amide bonds. The van der Waals surface area contributed by atoms with Crippen molar-refractivity contribution < 1.29 is 4.39 Å². The van der Waals surface area contributed by atoms with Crippen LogP contribution in [0, 0.1) is 5.82 Å². The minimum absolute atomic E-state index is 0.160. The molecule has 2 nitrogen and oxygen atoms in total. The SMILES string of the molecule is C=C(C)C=C(C)C(=NC)NC1Cc2ccc(F)cc2C1. The molecule has 1 atom stereocenters. The van der Waals surface area contributed by atoms with E-state index in [0.717, 1.165) is 35.4 Å². The molecule has 0 saturated heterocycles. The van der Waals surface area contributed by atoms with Gasteiger partial charge in [0.05, 0.1) is 0 Å². The minimum Gasteiger partial charge on any atom is -0.367 e. The van der Waals surface area contributed by atoms with E-state index in [1.54, 1.807) is 13.1 Å². The molecule has 0 bridgehead atoms. The topological polar surface area (TPSA) is 24.4 Å². The number of benzene rings is 1. The Bertz CT molecular complexity index is 585. The van der Waals surface area contributed by atoms with Gasteiger partial charge < -0.3 is 5.32 Å². The first-order valence-corrected chi connectivity index (χ1v) is 6.84. The molecule has 1 N–H and O–H groups in total. The summed E-state index contributed by atoms with van der Waals surface area (Å²) in [7, 11) is 1.78. The molecule has 0 radical (unpaired) electrons. The Kier molecular flexibility index (Phi) is 4.38. The van der Waals surface area contributed by atoms with Crippen LogP contribution in [0.4, 0.5) is 4.39 Å². The summed E-state index contributed by atoms with van der Waals surface area (Å²) in [6.07, 6.45) is 3.76. The number of amidine groups is 1. The molecule has 0 aliphatic heterocycles. The Labute approximate surface area is 120 Å². The van der Waals surface area contributed by atoms with Gasteiger partial charge in [0, 0.05) is 13.1 Å². The molecule has 0 aromatic heterocycles. The number of fused-ring (bicyclic) bond motifs is 1. The van der Waals surface area contributed by atoms with E-state index >= 15 is 0 Å². The molecule has 0 heterocycles. The second kappa shape index (κ2) is 6.04. The van der Waals surface area contributed by atoms with E-state index in [9.17, 15) is 4.39 Å². The van der Waals surface area contributed by atoms with Gasteiger partial charge in [-0.15, -0.1) is 0 Å². The van der Waals surface area contributed by atoms with Crippen LogP contribution in [0.15, 0.2) is 47.0 Å². The molecule has 20 heavy (non-hydrogen) atoms. The van der Waals surface area contributed by atoms with Gasteiger partial charge in [-0.05, 0) is 55.5 Å². The van der Waals surface area contributed by atoms with Crippen LogP contribution in [-0.4, -0.2) is 18.9 Å². The van der Waals surface area contributed by atoms with Crippen LogP contribution in [0.25, 0.3) is 0 Å². The molecule has 1 aliphatic rings. The third kappa shape index (κ3) is 3.35. The molecule has 106 valence electrons. The summed E-state index contributed by atoms with van der Waals surface area (Å²) in [6.45, 7) is 7.87. The lowest BCUT2D eigenvalue weighted by Gasteiger charge is -2.16. The maximum absolute atomic E-state index is 13.2. The first kappa shape index (κ1) is 14.5. The van der Waals surface area contributed by atoms with Crippen molar-refractivity contribution in [2.45, 2.75) is 32.7 Å². The van der Waals surface area contributed by atoms with Crippen LogP contribution in [0.1, 0.15) is 25.0 Å². The lowest BCUT2D eigenvalue weighted by atomic mass is 10.1. The average Bonchev–Trinajstić information content (AvgIpc) is 2.76. The summed E-state index contributed by atoms with van der Waals surface area (Å²) >= 11 is 0. The van der Waals surface area contributed by atoms with Gasteiger partial charge in [0.15, 0.2) is 0 Å². The normalized spacial score (nSPS) is 18.9. The molecule has 1 unspecified atom stereocenters. The fourth-order valence-electron chi connectivity index (χ4n) is 2.67. The molecular formula is C17H21FN2. The van der Waals surface area contributed by atoms with Gasteiger partial charge in [-0.25, -0.2) is 4.39 Å². The summed E-state index contributed by atoms with van der Waals surface area (Å²) in [5.74, 6) is 0.721. The van der Waals surface area contributed by atoms with Gasteiger partial charge in [-0.3, -0.25) is 4.99 Å². The Balaban J connectivity index is 2.07. The number of nitrogens with one attached hydrogen (secondary N) is 1. The van der Waals surface area contributed by atoms with E-state index in [1.807, 2.05) is 26.0 Å². The van der Waals surface area contributed by atoms with Crippen molar-refractivity contribution in [1.29, 1.82) is 0 Å². The molecule has 2 rings (SSSR count). The molecule has 3 heteroatoms. The first-order valence-electron chi connectivity index (χ1n) is 6.84. The molecule has 1 aliphatic carbocycles. The maximum Gasteiger partial charge on any atom is 0.123 e. The quantitative estimate of drug-likeness (QED) is 0.509. The van der Waals surface area contributed by atoms with Crippen LogP contribution in [-0.2, 0) is 12.8 Å². The highest BCUT2D eigenvalue weighted by atomic mass is 19.1. The van der Waals surface area contributed by atoms with Crippen molar-refractivity contribution in [3.05, 3.63) is 58.9 Å². The highest BCUT2D eigenvalue weighted by Gasteiger charge is 2.22. The average molecular weight is 272 g/mol. The zero-order valence-corrected chi connectivity index (χ0v) is 12.3. The maximum atomic E-state index is 13.2. The standard InChI is InChI=1S/C17H21FN2/c1-11(2)7-12(3)17(19-4)20-16-9-13-5-6-15(18)8-14(13)10-16/h5-8,16H,1,9-10H2,2-4H3,(H,19,20). The van der Waals surface area contributed by atoms with Crippen LogP contribution >= 0.6 is 0 Å². The van der Waals surface area contributed by atoms with Gasteiger partial charge in [-0.2, -0.15) is 0 Å². The van der Waals surface area contributed by atoms with Crippen LogP contribution < -0.4 is 5.32 Å². The molecule has 0 saturated carbocycles. The van der Waals surface area contributed by atoms with E-state index in [0.29, 0.717) is 0 Å². The second-order valence-electron chi connectivity index (χ2n) is 5.41. The summed E-state index contributed by atoms with van der Waals surface area (Å²) in [5.41, 5.74) is 4.39.